The number of halogens is 2. The van der Waals surface area contributed by atoms with Gasteiger partial charge in [-0.15, -0.1) is 0 Å². The molecule has 0 heterocycles. The Morgan fingerprint density at radius 3 is 2.55 bits per heavy atom. The van der Waals surface area contributed by atoms with Gasteiger partial charge in [0.05, 0.1) is 19.8 Å². The van der Waals surface area contributed by atoms with Gasteiger partial charge in [0.25, 0.3) is 0 Å². The monoisotopic (exact) mass is 402 g/mol. The third-order valence-electron chi connectivity index (χ3n) is 4.08. The summed E-state index contributed by atoms with van der Waals surface area (Å²) in [6.45, 7) is 1.63. The van der Waals surface area contributed by atoms with Crippen molar-refractivity contribution < 1.29 is 27.8 Å². The van der Waals surface area contributed by atoms with Gasteiger partial charge in [-0.3, -0.25) is 9.59 Å². The smallest absolute Gasteiger partial charge is 0.221 e. The number of carbonyl (C=O) groups excluding carboxylic acids is 2. The summed E-state index contributed by atoms with van der Waals surface area (Å²) in [6, 6.07) is 8.16. The molecule has 2 aromatic rings. The number of hydrogen-bond donors (Lipinski definition) is 1. The van der Waals surface area contributed by atoms with Crippen LogP contribution in [0.25, 0.3) is 0 Å². The third kappa shape index (κ3) is 6.01. The van der Waals surface area contributed by atoms with Crippen LogP contribution in [0.5, 0.6) is 11.5 Å². The standard InChI is InChI=1S/C21H20F2N2O4/c1-13(26)14-5-8-19(20(10-14)28-2)29-9-3-4-21(27)25-18(12-24)16-7-6-15(22)11-17(16)23/h5-8,10-11,18H,3-4,9H2,1-2H3,(H,25,27). The zero-order chi connectivity index (χ0) is 21.4. The average molecular weight is 402 g/mol. The lowest BCUT2D eigenvalue weighted by Gasteiger charge is -2.14. The molecule has 0 radical (unpaired) electrons. The molecule has 0 bridgehead atoms. The summed E-state index contributed by atoms with van der Waals surface area (Å²) in [7, 11) is 1.45. The van der Waals surface area contributed by atoms with Crippen molar-refractivity contribution in [2.75, 3.05) is 13.7 Å². The summed E-state index contributed by atoms with van der Waals surface area (Å²) in [5, 5.41) is 11.6. The van der Waals surface area contributed by atoms with Crippen molar-refractivity contribution in [3.8, 4) is 17.6 Å². The van der Waals surface area contributed by atoms with Crippen molar-refractivity contribution in [3.05, 3.63) is 59.2 Å². The number of nitrogens with one attached hydrogen (secondary N) is 1. The van der Waals surface area contributed by atoms with Crippen LogP contribution in [0.1, 0.15) is 41.7 Å². The van der Waals surface area contributed by atoms with Crippen LogP contribution in [-0.4, -0.2) is 25.4 Å². The highest BCUT2D eigenvalue weighted by molar-refractivity contribution is 5.94. The Kier molecular flexibility index (Phi) is 7.66. The van der Waals surface area contributed by atoms with Crippen molar-refractivity contribution in [3.63, 3.8) is 0 Å². The Hall–Kier alpha value is -3.47. The molecule has 0 aliphatic heterocycles. The van der Waals surface area contributed by atoms with Gasteiger partial charge in [-0.1, -0.05) is 6.07 Å². The van der Waals surface area contributed by atoms with Crippen LogP contribution in [0.15, 0.2) is 36.4 Å². The van der Waals surface area contributed by atoms with Crippen molar-refractivity contribution >= 4 is 11.7 Å². The third-order valence-corrected chi connectivity index (χ3v) is 4.08. The van der Waals surface area contributed by atoms with E-state index in [1.165, 1.54) is 14.0 Å². The number of nitriles is 1. The molecule has 1 N–H and O–H groups in total. The van der Waals surface area contributed by atoms with E-state index < -0.39 is 23.6 Å². The lowest BCUT2D eigenvalue weighted by atomic mass is 10.1. The van der Waals surface area contributed by atoms with Gasteiger partial charge in [-0.2, -0.15) is 5.26 Å². The normalized spacial score (nSPS) is 11.3. The van der Waals surface area contributed by atoms with Gasteiger partial charge in [0, 0.05) is 23.6 Å². The molecule has 0 spiro atoms. The summed E-state index contributed by atoms with van der Waals surface area (Å²) >= 11 is 0. The number of ether oxygens (including phenoxy) is 2. The molecule has 1 atom stereocenters. The van der Waals surface area contributed by atoms with E-state index in [0.29, 0.717) is 29.5 Å². The number of methoxy groups -OCH3 is 1. The summed E-state index contributed by atoms with van der Waals surface area (Å²) in [6.07, 6.45) is 0.363. The topological polar surface area (TPSA) is 88.4 Å². The van der Waals surface area contributed by atoms with Crippen LogP contribution in [-0.2, 0) is 4.79 Å². The highest BCUT2D eigenvalue weighted by Crippen LogP contribution is 2.28. The number of carbonyl (C=O) groups is 2. The zero-order valence-corrected chi connectivity index (χ0v) is 16.0. The van der Waals surface area contributed by atoms with E-state index in [0.717, 1.165) is 12.1 Å². The Morgan fingerprint density at radius 1 is 1.17 bits per heavy atom. The second-order valence-electron chi connectivity index (χ2n) is 6.17. The quantitative estimate of drug-likeness (QED) is 0.510. The summed E-state index contributed by atoms with van der Waals surface area (Å²) in [4.78, 5) is 23.4. The second-order valence-corrected chi connectivity index (χ2v) is 6.17. The Labute approximate surface area is 167 Å². The first kappa shape index (κ1) is 21.8. The fourth-order valence-corrected chi connectivity index (χ4v) is 2.57. The Morgan fingerprint density at radius 2 is 1.93 bits per heavy atom. The molecule has 0 saturated carbocycles. The van der Waals surface area contributed by atoms with E-state index in [2.05, 4.69) is 5.32 Å². The molecule has 0 aliphatic rings. The van der Waals surface area contributed by atoms with E-state index in [-0.39, 0.29) is 24.4 Å². The largest absolute Gasteiger partial charge is 0.493 e. The highest BCUT2D eigenvalue weighted by Gasteiger charge is 2.18. The molecule has 0 fully saturated rings. The zero-order valence-electron chi connectivity index (χ0n) is 16.0. The van der Waals surface area contributed by atoms with Crippen LogP contribution >= 0.6 is 0 Å². The van der Waals surface area contributed by atoms with Gasteiger partial charge in [-0.25, -0.2) is 8.78 Å². The average Bonchev–Trinajstić information content (AvgIpc) is 2.69. The van der Waals surface area contributed by atoms with Crippen molar-refractivity contribution in [2.45, 2.75) is 25.8 Å². The second kappa shape index (κ2) is 10.2. The lowest BCUT2D eigenvalue weighted by molar-refractivity contribution is -0.121. The minimum atomic E-state index is -1.22. The van der Waals surface area contributed by atoms with Crippen LogP contribution in [0.3, 0.4) is 0 Å². The van der Waals surface area contributed by atoms with Gasteiger partial charge in [0.1, 0.15) is 17.7 Å². The van der Waals surface area contributed by atoms with Gasteiger partial charge in [0.15, 0.2) is 17.3 Å². The molecule has 29 heavy (non-hydrogen) atoms. The molecule has 1 unspecified atom stereocenters. The maximum atomic E-state index is 13.8. The maximum Gasteiger partial charge on any atom is 0.221 e. The van der Waals surface area contributed by atoms with Gasteiger partial charge < -0.3 is 14.8 Å². The predicted molar refractivity (Wildman–Crippen MR) is 101 cm³/mol. The first-order valence-corrected chi connectivity index (χ1v) is 8.81. The summed E-state index contributed by atoms with van der Waals surface area (Å²) in [5.74, 6) is -1.40. The molecule has 8 heteroatoms. The van der Waals surface area contributed by atoms with Crippen LogP contribution < -0.4 is 14.8 Å². The molecule has 1 amide bonds. The van der Waals surface area contributed by atoms with E-state index in [4.69, 9.17) is 9.47 Å². The molecular formula is C21H20F2N2O4. The molecule has 6 nitrogen and oxygen atoms in total. The van der Waals surface area contributed by atoms with Gasteiger partial charge >= 0.3 is 0 Å². The first-order valence-electron chi connectivity index (χ1n) is 8.81. The fraction of sp³-hybridized carbons (Fsp3) is 0.286. The molecule has 2 rings (SSSR count). The van der Waals surface area contributed by atoms with E-state index >= 15 is 0 Å². The van der Waals surface area contributed by atoms with Crippen molar-refractivity contribution in [1.82, 2.24) is 5.32 Å². The molecular weight excluding hydrogens is 382 g/mol. The summed E-state index contributed by atoms with van der Waals surface area (Å²) in [5.41, 5.74) is 0.387. The number of Topliss-reactive ketones (excluding diaryl/α,β-unsaturated/α-hetero) is 1. The van der Waals surface area contributed by atoms with Crippen molar-refractivity contribution in [1.29, 1.82) is 5.26 Å². The molecule has 0 aliphatic carbocycles. The van der Waals surface area contributed by atoms with E-state index in [1.807, 2.05) is 0 Å². The molecule has 2 aromatic carbocycles. The predicted octanol–water partition coefficient (Wildman–Crippen LogP) is 3.72. The van der Waals surface area contributed by atoms with E-state index in [1.54, 1.807) is 24.3 Å². The highest BCUT2D eigenvalue weighted by atomic mass is 19.1. The SMILES string of the molecule is COc1cc(C(C)=O)ccc1OCCCC(=O)NC(C#N)c1ccc(F)cc1F. The van der Waals surface area contributed by atoms with Gasteiger partial charge in [0.2, 0.25) is 5.91 Å². The number of ketones is 1. The number of benzene rings is 2. The van der Waals surface area contributed by atoms with Crippen LogP contribution in [0, 0.1) is 23.0 Å². The molecule has 0 aromatic heterocycles. The Balaban J connectivity index is 1.87. The Bertz CT molecular complexity index is 941. The van der Waals surface area contributed by atoms with E-state index in [9.17, 15) is 23.6 Å². The minimum Gasteiger partial charge on any atom is -0.493 e. The molecule has 0 saturated heterocycles. The number of amides is 1. The lowest BCUT2D eigenvalue weighted by Crippen LogP contribution is -2.28. The van der Waals surface area contributed by atoms with Crippen LogP contribution in [0.4, 0.5) is 8.78 Å². The number of rotatable bonds is 9. The maximum absolute atomic E-state index is 13.8. The summed E-state index contributed by atoms with van der Waals surface area (Å²) < 4.78 is 37.5. The number of nitrogens with zero attached hydrogens (tertiary/aromatic N) is 1. The van der Waals surface area contributed by atoms with Crippen molar-refractivity contribution in [2.24, 2.45) is 0 Å². The first-order chi connectivity index (χ1) is 13.8. The molecule has 152 valence electrons. The number of hydrogen-bond acceptors (Lipinski definition) is 5. The minimum absolute atomic E-state index is 0.0365. The van der Waals surface area contributed by atoms with Gasteiger partial charge in [-0.05, 0) is 37.6 Å². The fourth-order valence-electron chi connectivity index (χ4n) is 2.57. The van der Waals surface area contributed by atoms with Crippen LogP contribution in [0.2, 0.25) is 0 Å².